The minimum absolute atomic E-state index is 0.164. The number of H-pyrrole nitrogens is 1. The van der Waals surface area contributed by atoms with Gasteiger partial charge in [-0.15, -0.1) is 0 Å². The van der Waals surface area contributed by atoms with Gasteiger partial charge in [-0.05, 0) is 67.3 Å². The normalized spacial score (nSPS) is 26.0. The average molecular weight is 335 g/mol. The molecule has 25 heavy (non-hydrogen) atoms. The van der Waals surface area contributed by atoms with Gasteiger partial charge >= 0.3 is 0 Å². The highest BCUT2D eigenvalue weighted by molar-refractivity contribution is 5.85. The van der Waals surface area contributed by atoms with Crippen molar-refractivity contribution in [3.05, 3.63) is 71.2 Å². The summed E-state index contributed by atoms with van der Waals surface area (Å²) >= 11 is 0. The number of aromatic nitrogens is 1. The number of rotatable bonds is 1. The van der Waals surface area contributed by atoms with Crippen LogP contribution >= 0.6 is 0 Å². The van der Waals surface area contributed by atoms with E-state index < -0.39 is 0 Å². The molecular formula is C22H22FNO. The number of hydrogen-bond acceptors (Lipinski definition) is 1. The van der Waals surface area contributed by atoms with Gasteiger partial charge in [-0.2, -0.15) is 0 Å². The SMILES string of the molecule is Fc1ccc2[nH]c3c(c2c1)CCOC31CCC(c2ccccc2)CC1. The predicted octanol–water partition coefficient (Wildman–Crippen LogP) is 5.43. The van der Waals surface area contributed by atoms with Crippen LogP contribution in [0.3, 0.4) is 0 Å². The van der Waals surface area contributed by atoms with E-state index in [0.717, 1.165) is 49.6 Å². The summed E-state index contributed by atoms with van der Waals surface area (Å²) in [6, 6.07) is 15.9. The maximum absolute atomic E-state index is 13.7. The summed E-state index contributed by atoms with van der Waals surface area (Å²) in [7, 11) is 0. The van der Waals surface area contributed by atoms with Crippen LogP contribution in [0.1, 0.15) is 48.4 Å². The molecule has 2 aliphatic rings. The molecule has 0 atom stereocenters. The Hall–Kier alpha value is -2.13. The fraction of sp³-hybridized carbons (Fsp3) is 0.364. The molecule has 3 heteroatoms. The molecule has 1 fully saturated rings. The van der Waals surface area contributed by atoms with E-state index in [2.05, 4.69) is 35.3 Å². The van der Waals surface area contributed by atoms with Gasteiger partial charge in [-0.3, -0.25) is 0 Å². The van der Waals surface area contributed by atoms with Gasteiger partial charge in [-0.1, -0.05) is 30.3 Å². The van der Waals surface area contributed by atoms with Crippen molar-refractivity contribution in [2.45, 2.75) is 43.6 Å². The Balaban J connectivity index is 1.49. The maximum atomic E-state index is 13.7. The number of benzene rings is 2. The molecule has 2 heterocycles. The molecule has 0 unspecified atom stereocenters. The van der Waals surface area contributed by atoms with Crippen LogP contribution in [0.2, 0.25) is 0 Å². The van der Waals surface area contributed by atoms with Crippen molar-refractivity contribution in [2.75, 3.05) is 6.61 Å². The van der Waals surface area contributed by atoms with Crippen molar-refractivity contribution in [3.8, 4) is 0 Å². The standard InChI is InChI=1S/C22H22FNO/c23-17-6-7-20-19(14-17)18-10-13-25-22(21(18)24-20)11-8-16(9-12-22)15-4-2-1-3-5-15/h1-7,14,16,24H,8-13H2. The van der Waals surface area contributed by atoms with Crippen LogP contribution in [-0.4, -0.2) is 11.6 Å². The molecule has 1 saturated carbocycles. The van der Waals surface area contributed by atoms with Crippen molar-refractivity contribution in [1.82, 2.24) is 4.98 Å². The first-order valence-corrected chi connectivity index (χ1v) is 9.25. The molecule has 1 aliphatic heterocycles. The zero-order valence-corrected chi connectivity index (χ0v) is 14.2. The second-order valence-electron chi connectivity index (χ2n) is 7.45. The van der Waals surface area contributed by atoms with Gasteiger partial charge in [-0.25, -0.2) is 4.39 Å². The van der Waals surface area contributed by atoms with Crippen molar-refractivity contribution in [2.24, 2.45) is 0 Å². The first kappa shape index (κ1) is 15.2. The maximum Gasteiger partial charge on any atom is 0.123 e. The molecule has 5 rings (SSSR count). The van der Waals surface area contributed by atoms with E-state index in [9.17, 15) is 4.39 Å². The molecule has 0 radical (unpaired) electrons. The lowest BCUT2D eigenvalue weighted by Gasteiger charge is -2.42. The molecule has 1 spiro atoms. The topological polar surface area (TPSA) is 25.0 Å². The molecule has 1 aliphatic carbocycles. The number of hydrogen-bond donors (Lipinski definition) is 1. The van der Waals surface area contributed by atoms with Crippen molar-refractivity contribution in [3.63, 3.8) is 0 Å². The summed E-state index contributed by atoms with van der Waals surface area (Å²) in [5.74, 6) is 0.449. The predicted molar refractivity (Wildman–Crippen MR) is 97.2 cm³/mol. The molecule has 3 aromatic rings. The van der Waals surface area contributed by atoms with Gasteiger partial charge in [0.25, 0.3) is 0 Å². The van der Waals surface area contributed by atoms with E-state index in [1.807, 2.05) is 6.07 Å². The number of halogens is 1. The Bertz CT molecular complexity index is 906. The largest absolute Gasteiger partial charge is 0.368 e. The molecule has 1 aromatic heterocycles. The highest BCUT2D eigenvalue weighted by Crippen LogP contribution is 2.49. The Kier molecular flexibility index (Phi) is 3.46. The third-order valence-electron chi connectivity index (χ3n) is 6.12. The lowest BCUT2D eigenvalue weighted by Crippen LogP contribution is -2.38. The Labute approximate surface area is 147 Å². The Morgan fingerprint density at radius 3 is 2.64 bits per heavy atom. The quantitative estimate of drug-likeness (QED) is 0.630. The fourth-order valence-corrected chi connectivity index (χ4v) is 4.83. The second-order valence-corrected chi connectivity index (χ2v) is 7.45. The highest BCUT2D eigenvalue weighted by Gasteiger charge is 2.43. The smallest absolute Gasteiger partial charge is 0.123 e. The number of nitrogens with one attached hydrogen (secondary N) is 1. The molecule has 2 nitrogen and oxygen atoms in total. The third-order valence-corrected chi connectivity index (χ3v) is 6.12. The summed E-state index contributed by atoms with van der Waals surface area (Å²) in [6.07, 6.45) is 5.17. The van der Waals surface area contributed by atoms with E-state index in [4.69, 9.17) is 4.74 Å². The lowest BCUT2D eigenvalue weighted by atomic mass is 9.73. The molecule has 0 saturated heterocycles. The van der Waals surface area contributed by atoms with Gasteiger partial charge in [0.05, 0.1) is 12.3 Å². The third kappa shape index (κ3) is 2.41. The molecular weight excluding hydrogens is 313 g/mol. The van der Waals surface area contributed by atoms with Crippen LogP contribution in [-0.2, 0) is 16.8 Å². The monoisotopic (exact) mass is 335 g/mol. The lowest BCUT2D eigenvalue weighted by molar-refractivity contribution is -0.0900. The van der Waals surface area contributed by atoms with E-state index >= 15 is 0 Å². The number of fused-ring (bicyclic) bond motifs is 4. The van der Waals surface area contributed by atoms with Crippen molar-refractivity contribution < 1.29 is 9.13 Å². The van der Waals surface area contributed by atoms with Crippen LogP contribution in [0, 0.1) is 5.82 Å². The fourth-order valence-electron chi connectivity index (χ4n) is 4.83. The first-order chi connectivity index (χ1) is 12.3. The second kappa shape index (κ2) is 5.70. The zero-order valence-electron chi connectivity index (χ0n) is 14.2. The molecule has 0 bridgehead atoms. The van der Waals surface area contributed by atoms with E-state index in [0.29, 0.717) is 5.92 Å². The van der Waals surface area contributed by atoms with Gasteiger partial charge < -0.3 is 9.72 Å². The van der Waals surface area contributed by atoms with Crippen LogP contribution in [0.5, 0.6) is 0 Å². The summed E-state index contributed by atoms with van der Waals surface area (Å²) in [4.78, 5) is 3.57. The summed E-state index contributed by atoms with van der Waals surface area (Å²) < 4.78 is 20.1. The van der Waals surface area contributed by atoms with E-state index in [1.165, 1.54) is 22.9 Å². The minimum Gasteiger partial charge on any atom is -0.368 e. The Morgan fingerprint density at radius 1 is 1.04 bits per heavy atom. The summed E-state index contributed by atoms with van der Waals surface area (Å²) in [5, 5.41) is 1.03. The van der Waals surface area contributed by atoms with Gasteiger partial charge in [0.2, 0.25) is 0 Å². The van der Waals surface area contributed by atoms with Crippen LogP contribution < -0.4 is 0 Å². The number of ether oxygens (including phenoxy) is 1. The van der Waals surface area contributed by atoms with Gasteiger partial charge in [0, 0.05) is 10.9 Å². The molecule has 128 valence electrons. The molecule has 0 amide bonds. The summed E-state index contributed by atoms with van der Waals surface area (Å²) in [5.41, 5.74) is 4.72. The van der Waals surface area contributed by atoms with Crippen molar-refractivity contribution in [1.29, 1.82) is 0 Å². The van der Waals surface area contributed by atoms with E-state index in [1.54, 1.807) is 6.07 Å². The first-order valence-electron chi connectivity index (χ1n) is 9.25. The van der Waals surface area contributed by atoms with Crippen LogP contribution in [0.15, 0.2) is 48.5 Å². The van der Waals surface area contributed by atoms with Crippen molar-refractivity contribution >= 4 is 10.9 Å². The molecule has 2 aromatic carbocycles. The minimum atomic E-state index is -0.214. The Morgan fingerprint density at radius 2 is 1.84 bits per heavy atom. The van der Waals surface area contributed by atoms with Crippen LogP contribution in [0.25, 0.3) is 10.9 Å². The average Bonchev–Trinajstić information content (AvgIpc) is 3.03. The number of aromatic amines is 1. The van der Waals surface area contributed by atoms with Crippen LogP contribution in [0.4, 0.5) is 4.39 Å². The van der Waals surface area contributed by atoms with Gasteiger partial charge in [0.1, 0.15) is 11.4 Å². The zero-order chi connectivity index (χ0) is 16.9. The van der Waals surface area contributed by atoms with Gasteiger partial charge in [0.15, 0.2) is 0 Å². The highest BCUT2D eigenvalue weighted by atomic mass is 19.1. The summed E-state index contributed by atoms with van der Waals surface area (Å²) in [6.45, 7) is 0.729. The molecule has 1 N–H and O–H groups in total. The van der Waals surface area contributed by atoms with E-state index in [-0.39, 0.29) is 11.4 Å².